The highest BCUT2D eigenvalue weighted by Gasteiger charge is 2.71. The summed E-state index contributed by atoms with van der Waals surface area (Å²) in [6.07, 6.45) is -3.49. The SMILES string of the molecule is C=C(C(CC(OCC(C)C)C(C)(C)O)OCC(C)C)[C@H]1[C@H](O)[C@@H]2O[C@]2(C)[C@@H](OC(C)=O)[C@H]1OCC(C)C. The zero-order valence-electron chi connectivity index (χ0n) is 24.7. The molecule has 0 bridgehead atoms. The highest BCUT2D eigenvalue weighted by molar-refractivity contribution is 5.66. The third-order valence-corrected chi connectivity index (χ3v) is 7.02. The van der Waals surface area contributed by atoms with Crippen LogP contribution < -0.4 is 0 Å². The van der Waals surface area contributed by atoms with Gasteiger partial charge in [0.15, 0.2) is 6.10 Å². The number of esters is 1. The van der Waals surface area contributed by atoms with Gasteiger partial charge in [-0.25, -0.2) is 0 Å². The maximum absolute atomic E-state index is 12.1. The Hall–Kier alpha value is -1.03. The smallest absolute Gasteiger partial charge is 0.303 e. The van der Waals surface area contributed by atoms with Crippen molar-refractivity contribution in [3.8, 4) is 0 Å². The largest absolute Gasteiger partial charge is 0.457 e. The summed E-state index contributed by atoms with van der Waals surface area (Å²) in [6, 6.07) is 0. The molecule has 216 valence electrons. The molecule has 1 aliphatic carbocycles. The predicted octanol–water partition coefficient (Wildman–Crippen LogP) is 3.91. The lowest BCUT2D eigenvalue weighted by Gasteiger charge is -2.44. The second-order valence-corrected chi connectivity index (χ2v) is 12.9. The van der Waals surface area contributed by atoms with Gasteiger partial charge in [0.1, 0.15) is 17.8 Å². The molecular weight excluding hydrogens is 476 g/mol. The van der Waals surface area contributed by atoms with E-state index in [-0.39, 0.29) is 11.8 Å². The summed E-state index contributed by atoms with van der Waals surface area (Å²) in [5.74, 6) is -0.247. The fraction of sp³-hybridized carbons (Fsp3) is 0.897. The summed E-state index contributed by atoms with van der Waals surface area (Å²) in [4.78, 5) is 12.1. The van der Waals surface area contributed by atoms with E-state index in [0.717, 1.165) is 0 Å². The molecule has 1 saturated heterocycles. The number of hydrogen-bond acceptors (Lipinski definition) is 8. The average Bonchev–Trinajstić information content (AvgIpc) is 3.45. The van der Waals surface area contributed by atoms with Crippen molar-refractivity contribution in [3.63, 3.8) is 0 Å². The molecule has 2 rings (SSSR count). The minimum Gasteiger partial charge on any atom is -0.457 e. The van der Waals surface area contributed by atoms with Gasteiger partial charge in [0.05, 0.1) is 23.9 Å². The number of fused-ring (bicyclic) bond motifs is 1. The third-order valence-electron chi connectivity index (χ3n) is 7.02. The van der Waals surface area contributed by atoms with Crippen molar-refractivity contribution in [2.45, 2.75) is 123 Å². The van der Waals surface area contributed by atoms with E-state index in [1.54, 1.807) is 13.8 Å². The first kappa shape index (κ1) is 32.2. The lowest BCUT2D eigenvalue weighted by Crippen LogP contribution is -2.59. The van der Waals surface area contributed by atoms with Crippen LogP contribution in [0.15, 0.2) is 12.2 Å². The summed E-state index contributed by atoms with van der Waals surface area (Å²) >= 11 is 0. The fourth-order valence-electron chi connectivity index (χ4n) is 4.98. The molecule has 1 aliphatic heterocycles. The van der Waals surface area contributed by atoms with Crippen molar-refractivity contribution in [2.75, 3.05) is 19.8 Å². The second-order valence-electron chi connectivity index (χ2n) is 12.9. The fourth-order valence-corrected chi connectivity index (χ4v) is 4.98. The second kappa shape index (κ2) is 12.9. The number of carbonyl (C=O) groups is 1. The monoisotopic (exact) mass is 528 g/mol. The van der Waals surface area contributed by atoms with Crippen molar-refractivity contribution < 1.29 is 38.7 Å². The Labute approximate surface area is 224 Å². The van der Waals surface area contributed by atoms with Gasteiger partial charge in [-0.3, -0.25) is 4.79 Å². The highest BCUT2D eigenvalue weighted by atomic mass is 16.7. The van der Waals surface area contributed by atoms with Crippen LogP contribution in [0, 0.1) is 23.7 Å². The van der Waals surface area contributed by atoms with Crippen molar-refractivity contribution in [1.82, 2.24) is 0 Å². The van der Waals surface area contributed by atoms with Gasteiger partial charge in [0.25, 0.3) is 0 Å². The van der Waals surface area contributed by atoms with E-state index < -0.39 is 59.7 Å². The number of hydrogen-bond donors (Lipinski definition) is 2. The zero-order valence-corrected chi connectivity index (χ0v) is 24.7. The van der Waals surface area contributed by atoms with Crippen LogP contribution in [0.3, 0.4) is 0 Å². The molecule has 0 amide bonds. The summed E-state index contributed by atoms with van der Waals surface area (Å²) < 4.78 is 30.5. The maximum atomic E-state index is 12.1. The molecule has 0 aromatic heterocycles. The van der Waals surface area contributed by atoms with Gasteiger partial charge in [-0.2, -0.15) is 0 Å². The number of rotatable bonds is 15. The highest BCUT2D eigenvalue weighted by Crippen LogP contribution is 2.53. The van der Waals surface area contributed by atoms with Crippen LogP contribution in [0.2, 0.25) is 0 Å². The van der Waals surface area contributed by atoms with Crippen molar-refractivity contribution in [1.29, 1.82) is 0 Å². The lowest BCUT2D eigenvalue weighted by molar-refractivity contribution is -0.175. The Balaban J connectivity index is 2.43. The van der Waals surface area contributed by atoms with E-state index in [4.69, 9.17) is 23.7 Å². The quantitative estimate of drug-likeness (QED) is 0.187. The first-order chi connectivity index (χ1) is 17.0. The zero-order chi connectivity index (χ0) is 28.3. The van der Waals surface area contributed by atoms with Crippen LogP contribution in [-0.4, -0.2) is 83.8 Å². The summed E-state index contributed by atoms with van der Waals surface area (Å²) in [7, 11) is 0. The molecular formula is C29H52O8. The van der Waals surface area contributed by atoms with Gasteiger partial charge in [-0.15, -0.1) is 0 Å². The van der Waals surface area contributed by atoms with Crippen molar-refractivity contribution in [3.05, 3.63) is 12.2 Å². The molecule has 1 heterocycles. The lowest BCUT2D eigenvalue weighted by atomic mass is 9.71. The summed E-state index contributed by atoms with van der Waals surface area (Å²) in [6.45, 7) is 24.8. The molecule has 8 nitrogen and oxygen atoms in total. The Kier molecular flexibility index (Phi) is 11.2. The van der Waals surface area contributed by atoms with Gasteiger partial charge >= 0.3 is 5.97 Å². The van der Waals surface area contributed by atoms with Gasteiger partial charge in [-0.05, 0) is 44.1 Å². The molecule has 2 fully saturated rings. The van der Waals surface area contributed by atoms with Crippen LogP contribution >= 0.6 is 0 Å². The third kappa shape index (κ3) is 8.48. The summed E-state index contributed by atoms with van der Waals surface area (Å²) in [5.41, 5.74) is -1.32. The maximum Gasteiger partial charge on any atom is 0.303 e. The van der Waals surface area contributed by atoms with E-state index in [0.29, 0.717) is 37.7 Å². The molecule has 2 aliphatic rings. The predicted molar refractivity (Wildman–Crippen MR) is 142 cm³/mol. The molecule has 0 spiro atoms. The van der Waals surface area contributed by atoms with Gasteiger partial charge in [-0.1, -0.05) is 48.1 Å². The van der Waals surface area contributed by atoms with E-state index in [2.05, 4.69) is 34.3 Å². The number of epoxide rings is 1. The molecule has 0 aromatic carbocycles. The topological polar surface area (TPSA) is 107 Å². The standard InChI is InChI=1S/C29H52O8/c1-16(2)13-33-21(12-22(28(9,10)32)34-14-17(3)4)19(7)23-24(31)26-29(11,37-26)27(36-20(8)30)25(23)35-15-18(5)6/h16-18,21-27,31-32H,7,12-15H2,1-6,8-11H3/t21?,22?,23-,24-,25-,26-,27-,29-/m0/s1. The van der Waals surface area contributed by atoms with Crippen molar-refractivity contribution >= 4 is 5.97 Å². The van der Waals surface area contributed by atoms with Gasteiger partial charge < -0.3 is 33.9 Å². The molecule has 2 unspecified atom stereocenters. The molecule has 0 radical (unpaired) electrons. The van der Waals surface area contributed by atoms with Gasteiger partial charge in [0, 0.05) is 39.1 Å². The average molecular weight is 529 g/mol. The van der Waals surface area contributed by atoms with Gasteiger partial charge in [0.2, 0.25) is 0 Å². The normalized spacial score (nSPS) is 31.4. The number of ether oxygens (including phenoxy) is 5. The van der Waals surface area contributed by atoms with E-state index in [1.165, 1.54) is 6.92 Å². The molecule has 8 heteroatoms. The van der Waals surface area contributed by atoms with Crippen LogP contribution in [0.1, 0.15) is 75.7 Å². The Bertz CT molecular complexity index is 757. The molecule has 0 aromatic rings. The number of aliphatic hydroxyl groups excluding tert-OH is 1. The Morgan fingerprint density at radius 1 is 1.03 bits per heavy atom. The molecule has 37 heavy (non-hydrogen) atoms. The first-order valence-corrected chi connectivity index (χ1v) is 13.8. The van der Waals surface area contributed by atoms with Crippen LogP contribution in [0.25, 0.3) is 0 Å². The van der Waals surface area contributed by atoms with Crippen molar-refractivity contribution in [2.24, 2.45) is 23.7 Å². The molecule has 2 N–H and O–H groups in total. The number of carbonyl (C=O) groups excluding carboxylic acids is 1. The summed E-state index contributed by atoms with van der Waals surface area (Å²) in [5, 5.41) is 22.4. The Morgan fingerprint density at radius 3 is 2.05 bits per heavy atom. The van der Waals surface area contributed by atoms with Crippen LogP contribution in [0.5, 0.6) is 0 Å². The van der Waals surface area contributed by atoms with Crippen LogP contribution in [-0.2, 0) is 28.5 Å². The Morgan fingerprint density at radius 2 is 1.57 bits per heavy atom. The number of aliphatic hydroxyl groups is 2. The van der Waals surface area contributed by atoms with E-state index >= 15 is 0 Å². The van der Waals surface area contributed by atoms with E-state index in [9.17, 15) is 15.0 Å². The minimum absolute atomic E-state index is 0.228. The minimum atomic E-state index is -1.12. The molecule has 1 saturated carbocycles. The molecule has 8 atom stereocenters. The van der Waals surface area contributed by atoms with E-state index in [1.807, 2.05) is 20.8 Å². The van der Waals surface area contributed by atoms with Crippen LogP contribution in [0.4, 0.5) is 0 Å². The first-order valence-electron chi connectivity index (χ1n) is 13.8.